The number of ether oxygens (including phenoxy) is 3. The van der Waals surface area contributed by atoms with Gasteiger partial charge in [0.15, 0.2) is 18.1 Å². The van der Waals surface area contributed by atoms with E-state index in [1.54, 1.807) is 19.1 Å². The Kier molecular flexibility index (Phi) is 9.51. The van der Waals surface area contributed by atoms with Gasteiger partial charge in [0, 0.05) is 18.7 Å². The Morgan fingerprint density at radius 3 is 2.59 bits per heavy atom. The molecular formula is C19H27N3O5. The maximum absolute atomic E-state index is 12.1. The molecule has 0 radical (unpaired) electrons. The van der Waals surface area contributed by atoms with Crippen molar-refractivity contribution in [1.82, 2.24) is 10.6 Å². The van der Waals surface area contributed by atoms with Gasteiger partial charge < -0.3 is 24.8 Å². The zero-order chi connectivity index (χ0) is 20.2. The van der Waals surface area contributed by atoms with E-state index in [0.717, 1.165) is 0 Å². The number of nitrogens with one attached hydrogen (secondary N) is 2. The molecule has 0 aliphatic heterocycles. The van der Waals surface area contributed by atoms with Gasteiger partial charge in [0.05, 0.1) is 25.3 Å². The van der Waals surface area contributed by atoms with Gasteiger partial charge in [-0.25, -0.2) is 4.79 Å². The van der Waals surface area contributed by atoms with Crippen LogP contribution in [0, 0.1) is 17.2 Å². The summed E-state index contributed by atoms with van der Waals surface area (Å²) in [5.41, 5.74) is 0.435. The topological polar surface area (TPSA) is 110 Å². The Labute approximate surface area is 159 Å². The number of rotatable bonds is 10. The third-order valence-corrected chi connectivity index (χ3v) is 3.55. The normalized spacial score (nSPS) is 11.3. The average molecular weight is 377 g/mol. The summed E-state index contributed by atoms with van der Waals surface area (Å²) in [5.74, 6) is 0.757. The first-order valence-corrected chi connectivity index (χ1v) is 8.80. The quantitative estimate of drug-likeness (QED) is 0.647. The third-order valence-electron chi connectivity index (χ3n) is 3.55. The van der Waals surface area contributed by atoms with Crippen molar-refractivity contribution in [3.05, 3.63) is 23.8 Å². The molecule has 0 aliphatic carbocycles. The molecule has 0 bridgehead atoms. The number of methoxy groups -OCH3 is 1. The monoisotopic (exact) mass is 377 g/mol. The van der Waals surface area contributed by atoms with E-state index >= 15 is 0 Å². The lowest BCUT2D eigenvalue weighted by Gasteiger charge is -2.21. The van der Waals surface area contributed by atoms with Crippen LogP contribution in [-0.4, -0.2) is 44.9 Å². The summed E-state index contributed by atoms with van der Waals surface area (Å²) in [5, 5.41) is 14.4. The highest BCUT2D eigenvalue weighted by Gasteiger charge is 2.16. The van der Waals surface area contributed by atoms with Crippen LogP contribution in [-0.2, 0) is 9.53 Å². The van der Waals surface area contributed by atoms with Crippen LogP contribution in [0.5, 0.6) is 11.5 Å². The Bertz CT molecular complexity index is 670. The van der Waals surface area contributed by atoms with E-state index in [0.29, 0.717) is 29.4 Å². The highest BCUT2D eigenvalue weighted by atomic mass is 16.5. The van der Waals surface area contributed by atoms with Crippen LogP contribution >= 0.6 is 0 Å². The molecule has 0 fully saturated rings. The van der Waals surface area contributed by atoms with E-state index in [-0.39, 0.29) is 31.7 Å². The summed E-state index contributed by atoms with van der Waals surface area (Å²) >= 11 is 0. The fourth-order valence-corrected chi connectivity index (χ4v) is 2.39. The number of hydrogen-bond donors (Lipinski definition) is 2. The van der Waals surface area contributed by atoms with Gasteiger partial charge in [-0.05, 0) is 31.4 Å². The molecule has 0 spiro atoms. The van der Waals surface area contributed by atoms with Crippen LogP contribution in [0.15, 0.2) is 18.2 Å². The van der Waals surface area contributed by atoms with Crippen LogP contribution in [0.4, 0.5) is 4.79 Å². The van der Waals surface area contributed by atoms with Gasteiger partial charge in [0.2, 0.25) is 0 Å². The summed E-state index contributed by atoms with van der Waals surface area (Å²) < 4.78 is 15.5. The predicted molar refractivity (Wildman–Crippen MR) is 99.6 cm³/mol. The second-order valence-electron chi connectivity index (χ2n) is 6.26. The number of nitriles is 1. The fourth-order valence-electron chi connectivity index (χ4n) is 2.39. The van der Waals surface area contributed by atoms with Gasteiger partial charge in [-0.2, -0.15) is 5.26 Å². The van der Waals surface area contributed by atoms with Crippen molar-refractivity contribution in [2.24, 2.45) is 5.92 Å². The van der Waals surface area contributed by atoms with Crippen molar-refractivity contribution >= 4 is 12.0 Å². The first-order chi connectivity index (χ1) is 12.9. The largest absolute Gasteiger partial charge is 0.493 e. The molecule has 0 heterocycles. The summed E-state index contributed by atoms with van der Waals surface area (Å²) in [6.07, 6.45) is 0.194. The van der Waals surface area contributed by atoms with E-state index in [4.69, 9.17) is 19.5 Å². The number of carbonyl (C=O) groups is 2. The summed E-state index contributed by atoms with van der Waals surface area (Å²) in [7, 11) is 1.46. The van der Waals surface area contributed by atoms with E-state index in [1.807, 2.05) is 19.9 Å². The lowest BCUT2D eigenvalue weighted by Crippen LogP contribution is -2.45. The van der Waals surface area contributed by atoms with Gasteiger partial charge in [0.1, 0.15) is 0 Å². The number of carbonyl (C=O) groups excluding carboxylic acids is 2. The van der Waals surface area contributed by atoms with Crippen LogP contribution < -0.4 is 20.1 Å². The van der Waals surface area contributed by atoms with Crippen molar-refractivity contribution in [3.63, 3.8) is 0 Å². The highest BCUT2D eigenvalue weighted by Crippen LogP contribution is 2.27. The van der Waals surface area contributed by atoms with E-state index < -0.39 is 6.09 Å². The van der Waals surface area contributed by atoms with Gasteiger partial charge >= 0.3 is 6.09 Å². The summed E-state index contributed by atoms with van der Waals surface area (Å²) in [6, 6.07) is 6.46. The van der Waals surface area contributed by atoms with Gasteiger partial charge in [-0.1, -0.05) is 13.8 Å². The standard InChI is InChI=1S/C19H27N3O5/c1-5-26-19(24)22-15(8-13(2)3)11-21-18(23)12-27-16-7-6-14(10-20)9-17(16)25-4/h6-7,9,13,15H,5,8,11-12H2,1-4H3,(H,21,23)(H,22,24). The molecular weight excluding hydrogens is 350 g/mol. The van der Waals surface area contributed by atoms with Crippen molar-refractivity contribution in [3.8, 4) is 17.6 Å². The molecule has 0 aliphatic rings. The zero-order valence-electron chi connectivity index (χ0n) is 16.2. The van der Waals surface area contributed by atoms with Gasteiger partial charge in [-0.3, -0.25) is 4.79 Å². The van der Waals surface area contributed by atoms with Crippen molar-refractivity contribution in [2.45, 2.75) is 33.2 Å². The molecule has 0 saturated carbocycles. The maximum Gasteiger partial charge on any atom is 0.407 e. The van der Waals surface area contributed by atoms with Crippen LogP contribution in [0.1, 0.15) is 32.8 Å². The first-order valence-electron chi connectivity index (χ1n) is 8.80. The molecule has 0 aromatic heterocycles. The fraction of sp³-hybridized carbons (Fsp3) is 0.526. The predicted octanol–water partition coefficient (Wildman–Crippen LogP) is 2.22. The summed E-state index contributed by atoms with van der Waals surface area (Å²) in [6.45, 7) is 6.13. The molecule has 8 heteroatoms. The zero-order valence-corrected chi connectivity index (χ0v) is 16.2. The molecule has 1 unspecified atom stereocenters. The molecule has 2 amide bonds. The van der Waals surface area contributed by atoms with Crippen molar-refractivity contribution in [2.75, 3.05) is 26.9 Å². The lowest BCUT2D eigenvalue weighted by atomic mass is 10.0. The molecule has 1 rings (SSSR count). The summed E-state index contributed by atoms with van der Waals surface area (Å²) in [4.78, 5) is 23.7. The van der Waals surface area contributed by atoms with Crippen LogP contribution in [0.2, 0.25) is 0 Å². The molecule has 0 saturated heterocycles. The number of amides is 2. The third kappa shape index (κ3) is 8.31. The molecule has 148 valence electrons. The Morgan fingerprint density at radius 1 is 1.26 bits per heavy atom. The van der Waals surface area contributed by atoms with E-state index in [2.05, 4.69) is 10.6 Å². The van der Waals surface area contributed by atoms with E-state index in [1.165, 1.54) is 13.2 Å². The molecule has 2 N–H and O–H groups in total. The molecule has 1 aromatic rings. The lowest BCUT2D eigenvalue weighted by molar-refractivity contribution is -0.123. The molecule has 27 heavy (non-hydrogen) atoms. The minimum atomic E-state index is -0.504. The smallest absolute Gasteiger partial charge is 0.407 e. The molecule has 8 nitrogen and oxygen atoms in total. The number of hydrogen-bond acceptors (Lipinski definition) is 6. The van der Waals surface area contributed by atoms with Crippen LogP contribution in [0.25, 0.3) is 0 Å². The second-order valence-corrected chi connectivity index (χ2v) is 6.26. The Hall–Kier alpha value is -2.95. The molecule has 1 atom stereocenters. The number of alkyl carbamates (subject to hydrolysis) is 1. The Balaban J connectivity index is 2.54. The highest BCUT2D eigenvalue weighted by molar-refractivity contribution is 5.77. The van der Waals surface area contributed by atoms with E-state index in [9.17, 15) is 9.59 Å². The Morgan fingerprint density at radius 2 is 2.00 bits per heavy atom. The number of nitrogens with zero attached hydrogens (tertiary/aromatic N) is 1. The first kappa shape index (κ1) is 22.1. The maximum atomic E-state index is 12.1. The van der Waals surface area contributed by atoms with Gasteiger partial charge in [0.25, 0.3) is 5.91 Å². The van der Waals surface area contributed by atoms with Crippen molar-refractivity contribution in [1.29, 1.82) is 5.26 Å². The number of benzene rings is 1. The van der Waals surface area contributed by atoms with Gasteiger partial charge in [-0.15, -0.1) is 0 Å². The van der Waals surface area contributed by atoms with Crippen molar-refractivity contribution < 1.29 is 23.8 Å². The minimum Gasteiger partial charge on any atom is -0.493 e. The second kappa shape index (κ2) is 11.6. The molecule has 1 aromatic carbocycles. The average Bonchev–Trinajstić information content (AvgIpc) is 2.63. The minimum absolute atomic E-state index is 0.212. The van der Waals surface area contributed by atoms with Crippen LogP contribution in [0.3, 0.4) is 0 Å². The SMILES string of the molecule is CCOC(=O)NC(CNC(=O)COc1ccc(C#N)cc1OC)CC(C)C.